The minimum absolute atomic E-state index is 0.126. The molecule has 1 N–H and O–H groups in total. The van der Waals surface area contributed by atoms with Crippen molar-refractivity contribution in [3.8, 4) is 0 Å². The molecule has 0 atom stereocenters. The van der Waals surface area contributed by atoms with Crippen molar-refractivity contribution in [3.63, 3.8) is 0 Å². The summed E-state index contributed by atoms with van der Waals surface area (Å²) < 4.78 is 6.79. The number of carbonyl (C=O) groups is 1. The summed E-state index contributed by atoms with van der Waals surface area (Å²) in [5.41, 5.74) is -0.715. The van der Waals surface area contributed by atoms with Gasteiger partial charge in [0.05, 0.1) is 12.0 Å². The fourth-order valence-corrected chi connectivity index (χ4v) is 8.68. The SMILES string of the molecule is CC(C)(C)[Si](OCC1(C(=O)O)CCC1)(c1ccccc1)c1ccccc1. The first kappa shape index (κ1) is 18.9. The highest BCUT2D eigenvalue weighted by Crippen LogP contribution is 2.44. The summed E-state index contributed by atoms with van der Waals surface area (Å²) in [7, 11) is -2.65. The lowest BCUT2D eigenvalue weighted by atomic mass is 9.69. The summed E-state index contributed by atoms with van der Waals surface area (Å²) in [6, 6.07) is 20.8. The number of hydrogen-bond donors (Lipinski definition) is 1. The molecule has 138 valence electrons. The van der Waals surface area contributed by atoms with Gasteiger partial charge in [0.15, 0.2) is 0 Å². The third-order valence-corrected chi connectivity index (χ3v) is 10.7. The van der Waals surface area contributed by atoms with Crippen LogP contribution in [0.15, 0.2) is 60.7 Å². The van der Waals surface area contributed by atoms with Gasteiger partial charge >= 0.3 is 5.97 Å². The molecule has 2 aromatic rings. The molecular weight excluding hydrogens is 340 g/mol. The molecule has 1 aliphatic rings. The highest BCUT2D eigenvalue weighted by atomic mass is 28.4. The first-order valence-electron chi connectivity index (χ1n) is 9.30. The third-order valence-electron chi connectivity index (χ3n) is 5.75. The number of rotatable bonds is 6. The maximum Gasteiger partial charge on any atom is 0.311 e. The minimum atomic E-state index is -2.65. The lowest BCUT2D eigenvalue weighted by Gasteiger charge is -2.46. The van der Waals surface area contributed by atoms with Crippen molar-refractivity contribution in [1.29, 1.82) is 0 Å². The Kier molecular flexibility index (Phi) is 5.09. The largest absolute Gasteiger partial charge is 0.481 e. The standard InChI is InChI=1S/C22H28O3Si/c1-21(2,3)26(18-11-6-4-7-12-18,19-13-8-5-9-14-19)25-17-22(20(23)24)15-10-16-22/h4-9,11-14H,10,15-17H2,1-3H3,(H,23,24). The Bertz CT molecular complexity index is 706. The van der Waals surface area contributed by atoms with Gasteiger partial charge in [0.25, 0.3) is 8.32 Å². The van der Waals surface area contributed by atoms with Crippen LogP contribution in [0.1, 0.15) is 40.0 Å². The molecule has 3 rings (SSSR count). The molecule has 3 nitrogen and oxygen atoms in total. The van der Waals surface area contributed by atoms with Gasteiger partial charge < -0.3 is 9.53 Å². The summed E-state index contributed by atoms with van der Waals surface area (Å²) in [5, 5.41) is 12.0. The predicted molar refractivity (Wildman–Crippen MR) is 107 cm³/mol. The molecule has 2 aromatic carbocycles. The second-order valence-corrected chi connectivity index (χ2v) is 12.7. The van der Waals surface area contributed by atoms with E-state index in [0.29, 0.717) is 12.8 Å². The molecule has 4 heteroatoms. The zero-order chi connectivity index (χ0) is 18.8. The lowest BCUT2D eigenvalue weighted by Crippen LogP contribution is -2.67. The molecule has 26 heavy (non-hydrogen) atoms. The van der Waals surface area contributed by atoms with Crippen molar-refractivity contribution in [2.45, 2.75) is 45.1 Å². The Labute approximate surface area is 157 Å². The molecule has 0 bridgehead atoms. The van der Waals surface area contributed by atoms with E-state index in [1.165, 1.54) is 10.4 Å². The van der Waals surface area contributed by atoms with Crippen LogP contribution in [0.25, 0.3) is 0 Å². The highest BCUT2D eigenvalue weighted by Gasteiger charge is 2.53. The molecule has 0 aliphatic heterocycles. The highest BCUT2D eigenvalue weighted by molar-refractivity contribution is 6.99. The average Bonchev–Trinajstić information content (AvgIpc) is 2.57. The topological polar surface area (TPSA) is 46.5 Å². The monoisotopic (exact) mass is 368 g/mol. The summed E-state index contributed by atoms with van der Waals surface area (Å²) >= 11 is 0. The second kappa shape index (κ2) is 7.01. The zero-order valence-corrected chi connectivity index (χ0v) is 16.9. The fraction of sp³-hybridized carbons (Fsp3) is 0.409. The molecule has 0 radical (unpaired) electrons. The first-order valence-corrected chi connectivity index (χ1v) is 11.2. The second-order valence-electron chi connectivity index (χ2n) is 8.39. The van der Waals surface area contributed by atoms with Crippen LogP contribution in [0.2, 0.25) is 5.04 Å². The Morgan fingerprint density at radius 2 is 1.46 bits per heavy atom. The van der Waals surface area contributed by atoms with Crippen molar-refractivity contribution in [2.24, 2.45) is 5.41 Å². The van der Waals surface area contributed by atoms with E-state index in [2.05, 4.69) is 45.0 Å². The maximum absolute atomic E-state index is 11.9. The van der Waals surface area contributed by atoms with E-state index in [9.17, 15) is 9.90 Å². The van der Waals surface area contributed by atoms with Crippen LogP contribution in [0.4, 0.5) is 0 Å². The van der Waals surface area contributed by atoms with Gasteiger partial charge in [-0.15, -0.1) is 0 Å². The number of aliphatic carboxylic acids is 1. The molecule has 0 aromatic heterocycles. The van der Waals surface area contributed by atoms with E-state index in [1.807, 2.05) is 36.4 Å². The van der Waals surface area contributed by atoms with Crippen molar-refractivity contribution in [2.75, 3.05) is 6.61 Å². The molecule has 0 saturated heterocycles. The number of benzene rings is 2. The van der Waals surface area contributed by atoms with Crippen LogP contribution in [0.3, 0.4) is 0 Å². The van der Waals surface area contributed by atoms with E-state index in [1.54, 1.807) is 0 Å². The fourth-order valence-electron chi connectivity index (χ4n) is 4.03. The molecule has 1 fully saturated rings. The van der Waals surface area contributed by atoms with Crippen LogP contribution < -0.4 is 10.4 Å². The van der Waals surface area contributed by atoms with Gasteiger partial charge in [0.1, 0.15) is 0 Å². The van der Waals surface area contributed by atoms with Gasteiger partial charge in [-0.3, -0.25) is 4.79 Å². The van der Waals surface area contributed by atoms with Crippen molar-refractivity contribution in [3.05, 3.63) is 60.7 Å². The Hall–Kier alpha value is -1.91. The molecule has 1 aliphatic carbocycles. The normalized spacial score (nSPS) is 16.7. The van der Waals surface area contributed by atoms with Crippen LogP contribution in [0.5, 0.6) is 0 Å². The van der Waals surface area contributed by atoms with Crippen LogP contribution in [-0.2, 0) is 9.22 Å². The van der Waals surface area contributed by atoms with Crippen molar-refractivity contribution < 1.29 is 14.3 Å². The molecule has 0 amide bonds. The Balaban J connectivity index is 2.10. The van der Waals surface area contributed by atoms with Crippen LogP contribution in [0, 0.1) is 5.41 Å². The van der Waals surface area contributed by atoms with E-state index in [4.69, 9.17) is 4.43 Å². The minimum Gasteiger partial charge on any atom is -0.481 e. The van der Waals surface area contributed by atoms with Gasteiger partial charge in [-0.05, 0) is 28.3 Å². The summed E-state index contributed by atoms with van der Waals surface area (Å²) in [5.74, 6) is -0.721. The van der Waals surface area contributed by atoms with Crippen molar-refractivity contribution >= 4 is 24.7 Å². The van der Waals surface area contributed by atoms with Gasteiger partial charge in [0, 0.05) is 0 Å². The number of hydrogen-bond acceptors (Lipinski definition) is 2. The van der Waals surface area contributed by atoms with Gasteiger partial charge in [0.2, 0.25) is 0 Å². The van der Waals surface area contributed by atoms with Gasteiger partial charge in [-0.2, -0.15) is 0 Å². The lowest BCUT2D eigenvalue weighted by molar-refractivity contribution is -0.157. The molecule has 0 unspecified atom stereocenters. The van der Waals surface area contributed by atoms with E-state index in [-0.39, 0.29) is 11.6 Å². The predicted octanol–water partition coefficient (Wildman–Crippen LogP) is 3.82. The molecule has 1 saturated carbocycles. The van der Waals surface area contributed by atoms with E-state index < -0.39 is 19.7 Å². The Morgan fingerprint density at radius 1 is 1.00 bits per heavy atom. The number of carboxylic acid groups (broad SMARTS) is 1. The van der Waals surface area contributed by atoms with Crippen LogP contribution in [-0.4, -0.2) is 26.0 Å². The summed E-state index contributed by atoms with van der Waals surface area (Å²) in [6.07, 6.45) is 2.39. The molecule has 0 spiro atoms. The maximum atomic E-state index is 11.9. The quantitative estimate of drug-likeness (QED) is 0.789. The van der Waals surface area contributed by atoms with E-state index >= 15 is 0 Å². The van der Waals surface area contributed by atoms with Gasteiger partial charge in [-0.25, -0.2) is 0 Å². The molecule has 0 heterocycles. The summed E-state index contributed by atoms with van der Waals surface area (Å²) in [4.78, 5) is 11.9. The summed E-state index contributed by atoms with van der Waals surface area (Å²) in [6.45, 7) is 6.93. The number of carboxylic acids is 1. The first-order chi connectivity index (χ1) is 12.3. The average molecular weight is 369 g/mol. The smallest absolute Gasteiger partial charge is 0.311 e. The van der Waals surface area contributed by atoms with E-state index in [0.717, 1.165) is 6.42 Å². The Morgan fingerprint density at radius 3 is 1.77 bits per heavy atom. The van der Waals surface area contributed by atoms with Gasteiger partial charge in [-0.1, -0.05) is 87.9 Å². The van der Waals surface area contributed by atoms with Crippen molar-refractivity contribution in [1.82, 2.24) is 0 Å². The molecular formula is C22H28O3Si. The van der Waals surface area contributed by atoms with Crippen LogP contribution >= 0.6 is 0 Å². The zero-order valence-electron chi connectivity index (χ0n) is 15.9. The third kappa shape index (κ3) is 3.12.